The molecule has 0 bridgehead atoms. The largest absolute Gasteiger partial charge is 0.339 e. The SMILES string of the molecule is Cc1noc(CCCc2ccc(-c3ccccc3)cc2)n1. The van der Waals surface area contributed by atoms with Crippen LogP contribution in [0.5, 0.6) is 0 Å². The molecular weight excluding hydrogens is 260 g/mol. The van der Waals surface area contributed by atoms with Crippen molar-refractivity contribution in [3.8, 4) is 11.1 Å². The van der Waals surface area contributed by atoms with E-state index in [0.717, 1.165) is 25.2 Å². The van der Waals surface area contributed by atoms with Gasteiger partial charge in [-0.3, -0.25) is 0 Å². The third-order valence-corrected chi connectivity index (χ3v) is 3.49. The van der Waals surface area contributed by atoms with Gasteiger partial charge in [-0.25, -0.2) is 0 Å². The lowest BCUT2D eigenvalue weighted by molar-refractivity contribution is 0.372. The number of aromatic nitrogens is 2. The Morgan fingerprint density at radius 2 is 1.57 bits per heavy atom. The van der Waals surface area contributed by atoms with E-state index in [2.05, 4.69) is 58.7 Å². The molecule has 0 radical (unpaired) electrons. The van der Waals surface area contributed by atoms with Crippen molar-refractivity contribution in [3.63, 3.8) is 0 Å². The molecule has 0 fully saturated rings. The van der Waals surface area contributed by atoms with Crippen molar-refractivity contribution < 1.29 is 4.52 Å². The lowest BCUT2D eigenvalue weighted by Gasteiger charge is -2.04. The molecule has 3 aromatic rings. The molecule has 0 aliphatic heterocycles. The average Bonchev–Trinajstić information content (AvgIpc) is 2.94. The smallest absolute Gasteiger partial charge is 0.226 e. The molecular formula is C18H18N2O. The normalized spacial score (nSPS) is 10.7. The lowest BCUT2D eigenvalue weighted by atomic mass is 10.0. The van der Waals surface area contributed by atoms with E-state index in [0.29, 0.717) is 5.82 Å². The van der Waals surface area contributed by atoms with Gasteiger partial charge in [0.2, 0.25) is 5.89 Å². The molecule has 0 atom stereocenters. The van der Waals surface area contributed by atoms with E-state index in [1.807, 2.05) is 13.0 Å². The van der Waals surface area contributed by atoms with Crippen molar-refractivity contribution in [1.29, 1.82) is 0 Å². The van der Waals surface area contributed by atoms with Gasteiger partial charge >= 0.3 is 0 Å². The predicted molar refractivity (Wildman–Crippen MR) is 82.9 cm³/mol. The van der Waals surface area contributed by atoms with Gasteiger partial charge in [-0.1, -0.05) is 59.8 Å². The van der Waals surface area contributed by atoms with Crippen LogP contribution in [0, 0.1) is 6.92 Å². The molecule has 0 unspecified atom stereocenters. The van der Waals surface area contributed by atoms with Gasteiger partial charge in [0.05, 0.1) is 0 Å². The fraction of sp³-hybridized carbons (Fsp3) is 0.222. The van der Waals surface area contributed by atoms with Crippen LogP contribution in [-0.4, -0.2) is 10.1 Å². The number of hydrogen-bond acceptors (Lipinski definition) is 3. The summed E-state index contributed by atoms with van der Waals surface area (Å²) in [4.78, 5) is 4.22. The van der Waals surface area contributed by atoms with Crippen LogP contribution in [0.1, 0.15) is 23.7 Å². The summed E-state index contributed by atoms with van der Waals surface area (Å²) in [6, 6.07) is 19.2. The zero-order chi connectivity index (χ0) is 14.5. The highest BCUT2D eigenvalue weighted by Crippen LogP contribution is 2.19. The molecule has 3 heteroatoms. The quantitative estimate of drug-likeness (QED) is 0.701. The van der Waals surface area contributed by atoms with Gasteiger partial charge in [-0.05, 0) is 36.5 Å². The molecule has 0 saturated carbocycles. The summed E-state index contributed by atoms with van der Waals surface area (Å²) < 4.78 is 5.12. The van der Waals surface area contributed by atoms with Crippen LogP contribution in [0.3, 0.4) is 0 Å². The zero-order valence-electron chi connectivity index (χ0n) is 12.1. The molecule has 2 aromatic carbocycles. The highest BCUT2D eigenvalue weighted by atomic mass is 16.5. The van der Waals surface area contributed by atoms with Gasteiger partial charge in [0, 0.05) is 6.42 Å². The first-order valence-corrected chi connectivity index (χ1v) is 7.25. The molecule has 3 nitrogen and oxygen atoms in total. The second-order valence-electron chi connectivity index (χ2n) is 5.15. The summed E-state index contributed by atoms with van der Waals surface area (Å²) in [5.74, 6) is 1.44. The van der Waals surface area contributed by atoms with Crippen molar-refractivity contribution in [2.75, 3.05) is 0 Å². The van der Waals surface area contributed by atoms with E-state index in [4.69, 9.17) is 4.52 Å². The van der Waals surface area contributed by atoms with Crippen molar-refractivity contribution in [2.24, 2.45) is 0 Å². The molecule has 0 spiro atoms. The van der Waals surface area contributed by atoms with Crippen molar-refractivity contribution in [2.45, 2.75) is 26.2 Å². The Morgan fingerprint density at radius 3 is 2.24 bits per heavy atom. The highest BCUT2D eigenvalue weighted by molar-refractivity contribution is 5.63. The number of nitrogens with zero attached hydrogens (tertiary/aromatic N) is 2. The van der Waals surface area contributed by atoms with Crippen molar-refractivity contribution in [3.05, 3.63) is 71.9 Å². The summed E-state index contributed by atoms with van der Waals surface area (Å²) in [5.41, 5.74) is 3.85. The maximum absolute atomic E-state index is 5.12. The Morgan fingerprint density at radius 1 is 0.857 bits per heavy atom. The first-order chi connectivity index (χ1) is 10.3. The summed E-state index contributed by atoms with van der Waals surface area (Å²) in [5, 5.41) is 3.80. The molecule has 21 heavy (non-hydrogen) atoms. The Kier molecular flexibility index (Phi) is 4.10. The van der Waals surface area contributed by atoms with Gasteiger partial charge in [-0.15, -0.1) is 0 Å². The monoisotopic (exact) mass is 278 g/mol. The minimum Gasteiger partial charge on any atom is -0.339 e. The molecule has 1 heterocycles. The number of benzene rings is 2. The van der Waals surface area contributed by atoms with Crippen molar-refractivity contribution in [1.82, 2.24) is 10.1 Å². The number of rotatable bonds is 5. The molecule has 0 aliphatic rings. The maximum atomic E-state index is 5.12. The lowest BCUT2D eigenvalue weighted by Crippen LogP contribution is -1.90. The summed E-state index contributed by atoms with van der Waals surface area (Å²) in [6.07, 6.45) is 2.88. The Labute approximate surface area is 124 Å². The van der Waals surface area contributed by atoms with Crippen LogP contribution in [0.4, 0.5) is 0 Å². The van der Waals surface area contributed by atoms with Gasteiger partial charge in [0.15, 0.2) is 5.82 Å². The summed E-state index contributed by atoms with van der Waals surface area (Å²) in [6.45, 7) is 1.84. The molecule has 0 N–H and O–H groups in total. The topological polar surface area (TPSA) is 38.9 Å². The first kappa shape index (κ1) is 13.6. The van der Waals surface area contributed by atoms with Gasteiger partial charge in [0.1, 0.15) is 0 Å². The van der Waals surface area contributed by atoms with E-state index < -0.39 is 0 Å². The van der Waals surface area contributed by atoms with Gasteiger partial charge in [0.25, 0.3) is 0 Å². The second kappa shape index (κ2) is 6.35. The predicted octanol–water partition coefficient (Wildman–Crippen LogP) is 4.22. The maximum Gasteiger partial charge on any atom is 0.226 e. The van der Waals surface area contributed by atoms with Crippen LogP contribution in [0.2, 0.25) is 0 Å². The van der Waals surface area contributed by atoms with E-state index >= 15 is 0 Å². The zero-order valence-corrected chi connectivity index (χ0v) is 12.1. The second-order valence-corrected chi connectivity index (χ2v) is 5.15. The Balaban J connectivity index is 1.57. The molecule has 0 saturated heterocycles. The van der Waals surface area contributed by atoms with Gasteiger partial charge < -0.3 is 4.52 Å². The first-order valence-electron chi connectivity index (χ1n) is 7.25. The summed E-state index contributed by atoms with van der Waals surface area (Å²) >= 11 is 0. The van der Waals surface area contributed by atoms with Crippen LogP contribution < -0.4 is 0 Å². The highest BCUT2D eigenvalue weighted by Gasteiger charge is 2.03. The van der Waals surface area contributed by atoms with E-state index in [1.165, 1.54) is 16.7 Å². The van der Waals surface area contributed by atoms with E-state index in [1.54, 1.807) is 0 Å². The third kappa shape index (κ3) is 3.57. The van der Waals surface area contributed by atoms with Crippen molar-refractivity contribution >= 4 is 0 Å². The Hall–Kier alpha value is -2.42. The number of aryl methyl sites for hydroxylation is 3. The minimum absolute atomic E-state index is 0.706. The fourth-order valence-electron chi connectivity index (χ4n) is 2.38. The summed E-state index contributed by atoms with van der Waals surface area (Å²) in [7, 11) is 0. The van der Waals surface area contributed by atoms with Crippen LogP contribution >= 0.6 is 0 Å². The van der Waals surface area contributed by atoms with Crippen LogP contribution in [0.25, 0.3) is 11.1 Å². The molecule has 1 aromatic heterocycles. The minimum atomic E-state index is 0.706. The van der Waals surface area contributed by atoms with Crippen LogP contribution in [-0.2, 0) is 12.8 Å². The Bertz CT molecular complexity index is 687. The molecule has 0 aliphatic carbocycles. The fourth-order valence-corrected chi connectivity index (χ4v) is 2.38. The average molecular weight is 278 g/mol. The van der Waals surface area contributed by atoms with Gasteiger partial charge in [-0.2, -0.15) is 4.98 Å². The molecule has 3 rings (SSSR count). The number of hydrogen-bond donors (Lipinski definition) is 0. The van der Waals surface area contributed by atoms with E-state index in [9.17, 15) is 0 Å². The molecule has 106 valence electrons. The standard InChI is InChI=1S/C18H18N2O/c1-14-19-18(21-20-14)9-5-6-15-10-12-17(13-11-15)16-7-3-2-4-8-16/h2-4,7-8,10-13H,5-6,9H2,1H3. The molecule has 0 amide bonds. The van der Waals surface area contributed by atoms with E-state index in [-0.39, 0.29) is 0 Å². The van der Waals surface area contributed by atoms with Crippen LogP contribution in [0.15, 0.2) is 59.1 Å². The third-order valence-electron chi connectivity index (χ3n) is 3.49.